The minimum atomic E-state index is -0.425. The maximum atomic E-state index is 9.79. The zero-order valence-electron chi connectivity index (χ0n) is 12.0. The van der Waals surface area contributed by atoms with Crippen molar-refractivity contribution in [2.24, 2.45) is 5.92 Å². The molecule has 104 valence electrons. The van der Waals surface area contributed by atoms with Crippen LogP contribution in [0.1, 0.15) is 27.2 Å². The number of nitrogens with zero attached hydrogens (tertiary/aromatic N) is 1. The van der Waals surface area contributed by atoms with Gasteiger partial charge in [-0.2, -0.15) is 0 Å². The summed E-state index contributed by atoms with van der Waals surface area (Å²) in [6.45, 7) is 8.77. The van der Waals surface area contributed by atoms with E-state index in [2.05, 4.69) is 25.7 Å². The summed E-state index contributed by atoms with van der Waals surface area (Å²) >= 11 is 0. The van der Waals surface area contributed by atoms with Crippen LogP contribution < -0.4 is 0 Å². The molecule has 0 bridgehead atoms. The van der Waals surface area contributed by atoms with Gasteiger partial charge in [-0.05, 0) is 26.3 Å². The highest BCUT2D eigenvalue weighted by atomic mass is 16.5. The number of ether oxygens (including phenoxy) is 2. The van der Waals surface area contributed by atoms with Crippen molar-refractivity contribution < 1.29 is 14.6 Å². The van der Waals surface area contributed by atoms with Crippen LogP contribution >= 0.6 is 0 Å². The van der Waals surface area contributed by atoms with Gasteiger partial charge in [-0.15, -0.1) is 0 Å². The Kier molecular flexibility index (Phi) is 9.74. The number of aliphatic hydroxyl groups excluding tert-OH is 1. The predicted octanol–water partition coefficient (Wildman–Crippen LogP) is 1.38. The molecule has 4 nitrogen and oxygen atoms in total. The zero-order valence-corrected chi connectivity index (χ0v) is 12.0. The first-order chi connectivity index (χ1) is 7.97. The molecular weight excluding hydrogens is 218 g/mol. The van der Waals surface area contributed by atoms with Crippen LogP contribution in [0.2, 0.25) is 0 Å². The fourth-order valence-corrected chi connectivity index (χ4v) is 1.79. The molecule has 2 unspecified atom stereocenters. The van der Waals surface area contributed by atoms with Gasteiger partial charge in [-0.3, -0.25) is 0 Å². The van der Waals surface area contributed by atoms with Crippen molar-refractivity contribution in [1.82, 2.24) is 4.90 Å². The van der Waals surface area contributed by atoms with E-state index in [1.54, 1.807) is 7.11 Å². The summed E-state index contributed by atoms with van der Waals surface area (Å²) in [5.74, 6) is 0.683. The van der Waals surface area contributed by atoms with Crippen molar-refractivity contribution in [1.29, 1.82) is 0 Å². The Labute approximate surface area is 106 Å². The van der Waals surface area contributed by atoms with E-state index in [-0.39, 0.29) is 0 Å². The van der Waals surface area contributed by atoms with Crippen LogP contribution in [0.15, 0.2) is 0 Å². The summed E-state index contributed by atoms with van der Waals surface area (Å²) in [4.78, 5) is 2.18. The molecule has 2 atom stereocenters. The Bertz CT molecular complexity index is 176. The third-order valence-corrected chi connectivity index (χ3v) is 2.81. The number of rotatable bonds is 10. The lowest BCUT2D eigenvalue weighted by atomic mass is 10.0. The molecule has 0 aliphatic heterocycles. The average molecular weight is 247 g/mol. The highest BCUT2D eigenvalue weighted by Crippen LogP contribution is 2.09. The summed E-state index contributed by atoms with van der Waals surface area (Å²) in [6, 6.07) is 0.489. The summed E-state index contributed by atoms with van der Waals surface area (Å²) in [6.07, 6.45) is 0.722. The van der Waals surface area contributed by atoms with Gasteiger partial charge in [-0.1, -0.05) is 13.8 Å². The van der Waals surface area contributed by atoms with Gasteiger partial charge in [-0.25, -0.2) is 0 Å². The van der Waals surface area contributed by atoms with E-state index >= 15 is 0 Å². The van der Waals surface area contributed by atoms with Crippen LogP contribution in [-0.2, 0) is 9.47 Å². The van der Waals surface area contributed by atoms with E-state index in [1.165, 1.54) is 0 Å². The maximum absolute atomic E-state index is 9.79. The van der Waals surface area contributed by atoms with Gasteiger partial charge in [0.25, 0.3) is 0 Å². The number of hydrogen-bond donors (Lipinski definition) is 1. The minimum Gasteiger partial charge on any atom is -0.389 e. The zero-order chi connectivity index (χ0) is 13.3. The minimum absolute atomic E-state index is 0.377. The number of hydrogen-bond acceptors (Lipinski definition) is 4. The fraction of sp³-hybridized carbons (Fsp3) is 1.00. The van der Waals surface area contributed by atoms with Crippen molar-refractivity contribution >= 4 is 0 Å². The topological polar surface area (TPSA) is 41.9 Å². The average Bonchev–Trinajstić information content (AvgIpc) is 2.23. The molecule has 0 radical (unpaired) electrons. The van der Waals surface area contributed by atoms with Crippen molar-refractivity contribution in [2.45, 2.75) is 39.3 Å². The monoisotopic (exact) mass is 247 g/mol. The molecular formula is C13H29NO3. The Morgan fingerprint density at radius 3 is 2.35 bits per heavy atom. The van der Waals surface area contributed by atoms with E-state index in [1.807, 2.05) is 7.05 Å². The molecule has 0 aromatic carbocycles. The highest BCUT2D eigenvalue weighted by molar-refractivity contribution is 4.68. The van der Waals surface area contributed by atoms with Crippen molar-refractivity contribution in [3.63, 3.8) is 0 Å². The molecule has 0 rings (SSSR count). The van der Waals surface area contributed by atoms with E-state index in [9.17, 15) is 5.11 Å². The first kappa shape index (κ1) is 16.8. The standard InChI is InChI=1S/C13H29NO3/c1-11(2)8-12(3)14(4)9-13(15)10-17-7-6-16-5/h11-13,15H,6-10H2,1-5H3. The lowest BCUT2D eigenvalue weighted by molar-refractivity contribution is -0.00236. The Morgan fingerprint density at radius 2 is 1.82 bits per heavy atom. The lowest BCUT2D eigenvalue weighted by Gasteiger charge is -2.28. The van der Waals surface area contributed by atoms with Crippen LogP contribution in [-0.4, -0.2) is 62.7 Å². The van der Waals surface area contributed by atoms with Gasteiger partial charge in [0.1, 0.15) is 0 Å². The van der Waals surface area contributed by atoms with Crippen LogP contribution in [0.25, 0.3) is 0 Å². The molecule has 0 aromatic rings. The summed E-state index contributed by atoms with van der Waals surface area (Å²) in [7, 11) is 3.69. The van der Waals surface area contributed by atoms with Crippen LogP contribution in [0.3, 0.4) is 0 Å². The van der Waals surface area contributed by atoms with Gasteiger partial charge < -0.3 is 19.5 Å². The summed E-state index contributed by atoms with van der Waals surface area (Å²) < 4.78 is 10.2. The Hall–Kier alpha value is -0.160. The second kappa shape index (κ2) is 9.83. The Morgan fingerprint density at radius 1 is 1.18 bits per heavy atom. The number of methoxy groups -OCH3 is 1. The SMILES string of the molecule is COCCOCC(O)CN(C)C(C)CC(C)C. The third kappa shape index (κ3) is 9.53. The summed E-state index contributed by atoms with van der Waals surface area (Å²) in [5, 5.41) is 9.79. The van der Waals surface area contributed by atoms with Crippen molar-refractivity contribution in [2.75, 3.05) is 40.5 Å². The molecule has 0 heterocycles. The summed E-state index contributed by atoms with van der Waals surface area (Å²) in [5.41, 5.74) is 0. The quantitative estimate of drug-likeness (QED) is 0.592. The molecule has 0 fully saturated rings. The van der Waals surface area contributed by atoms with Gasteiger partial charge in [0, 0.05) is 19.7 Å². The van der Waals surface area contributed by atoms with E-state index < -0.39 is 6.10 Å². The highest BCUT2D eigenvalue weighted by Gasteiger charge is 2.14. The first-order valence-corrected chi connectivity index (χ1v) is 6.42. The number of likely N-dealkylation sites (N-methyl/N-ethyl adjacent to an activating group) is 1. The van der Waals surface area contributed by atoms with E-state index in [0.29, 0.717) is 38.3 Å². The first-order valence-electron chi connectivity index (χ1n) is 6.42. The second-order valence-corrected chi connectivity index (χ2v) is 5.14. The second-order valence-electron chi connectivity index (χ2n) is 5.14. The van der Waals surface area contributed by atoms with Crippen molar-refractivity contribution in [3.8, 4) is 0 Å². The normalized spacial score (nSPS) is 15.5. The van der Waals surface area contributed by atoms with E-state index in [4.69, 9.17) is 9.47 Å². The molecule has 4 heteroatoms. The molecule has 0 saturated carbocycles. The van der Waals surface area contributed by atoms with Gasteiger partial charge in [0.2, 0.25) is 0 Å². The van der Waals surface area contributed by atoms with Gasteiger partial charge >= 0.3 is 0 Å². The smallest absolute Gasteiger partial charge is 0.0900 e. The molecule has 0 aliphatic rings. The number of aliphatic hydroxyl groups is 1. The molecule has 0 aliphatic carbocycles. The van der Waals surface area contributed by atoms with Gasteiger partial charge in [0.05, 0.1) is 25.9 Å². The molecule has 17 heavy (non-hydrogen) atoms. The Balaban J connectivity index is 3.67. The molecule has 0 spiro atoms. The maximum Gasteiger partial charge on any atom is 0.0900 e. The lowest BCUT2D eigenvalue weighted by Crippen LogP contribution is -2.38. The van der Waals surface area contributed by atoms with Crippen LogP contribution in [0.5, 0.6) is 0 Å². The molecule has 0 saturated heterocycles. The predicted molar refractivity (Wildman–Crippen MR) is 70.2 cm³/mol. The fourth-order valence-electron chi connectivity index (χ4n) is 1.79. The largest absolute Gasteiger partial charge is 0.389 e. The van der Waals surface area contributed by atoms with E-state index in [0.717, 1.165) is 6.42 Å². The molecule has 0 amide bonds. The molecule has 0 aromatic heterocycles. The third-order valence-electron chi connectivity index (χ3n) is 2.81. The van der Waals surface area contributed by atoms with Crippen molar-refractivity contribution in [3.05, 3.63) is 0 Å². The molecule has 1 N–H and O–H groups in total. The van der Waals surface area contributed by atoms with Crippen LogP contribution in [0, 0.1) is 5.92 Å². The van der Waals surface area contributed by atoms with Gasteiger partial charge in [0.15, 0.2) is 0 Å². The van der Waals surface area contributed by atoms with Crippen LogP contribution in [0.4, 0.5) is 0 Å².